The van der Waals surface area contributed by atoms with Crippen LogP contribution >= 0.6 is 0 Å². The standard InChI is InChI=1S/C14H21NO5S/c1-9-5-10(2)13(11(3)6-9)21(19,20)15-8-14(4,18)7-12(16)17/h5-6,15,18H,7-8H2,1-4H3,(H,16,17). The molecule has 6 nitrogen and oxygen atoms in total. The smallest absolute Gasteiger partial charge is 0.306 e. The topological polar surface area (TPSA) is 104 Å². The Morgan fingerprint density at radius 2 is 1.71 bits per heavy atom. The number of nitrogens with one attached hydrogen (secondary N) is 1. The zero-order valence-electron chi connectivity index (χ0n) is 12.6. The molecule has 0 aliphatic heterocycles. The van der Waals surface area contributed by atoms with Crippen LogP contribution in [0.4, 0.5) is 0 Å². The molecule has 0 spiro atoms. The van der Waals surface area contributed by atoms with E-state index in [1.54, 1.807) is 26.0 Å². The van der Waals surface area contributed by atoms with Gasteiger partial charge in [0, 0.05) is 6.54 Å². The highest BCUT2D eigenvalue weighted by Gasteiger charge is 2.28. The maximum absolute atomic E-state index is 12.3. The molecule has 0 radical (unpaired) electrons. The number of carbonyl (C=O) groups is 1. The van der Waals surface area contributed by atoms with E-state index < -0.39 is 28.0 Å². The molecule has 0 aliphatic rings. The number of aryl methyl sites for hydroxylation is 3. The highest BCUT2D eigenvalue weighted by atomic mass is 32.2. The van der Waals surface area contributed by atoms with E-state index in [0.717, 1.165) is 5.56 Å². The van der Waals surface area contributed by atoms with E-state index in [2.05, 4.69) is 4.72 Å². The van der Waals surface area contributed by atoms with E-state index in [-0.39, 0.29) is 11.4 Å². The molecule has 1 aromatic carbocycles. The quantitative estimate of drug-likeness (QED) is 0.730. The third-order valence-electron chi connectivity index (χ3n) is 3.05. The number of aliphatic hydroxyl groups is 1. The second-order valence-electron chi connectivity index (χ2n) is 5.62. The van der Waals surface area contributed by atoms with Crippen molar-refractivity contribution in [2.75, 3.05) is 6.54 Å². The molecular formula is C14H21NO5S. The second-order valence-corrected chi connectivity index (χ2v) is 7.32. The molecule has 1 unspecified atom stereocenters. The molecule has 3 N–H and O–H groups in total. The Kier molecular flexibility index (Phi) is 5.14. The first kappa shape index (κ1) is 17.6. The summed E-state index contributed by atoms with van der Waals surface area (Å²) in [6, 6.07) is 3.52. The molecular weight excluding hydrogens is 294 g/mol. The summed E-state index contributed by atoms with van der Waals surface area (Å²) in [5.74, 6) is -1.19. The molecule has 0 bridgehead atoms. The summed E-state index contributed by atoms with van der Waals surface area (Å²) in [6.07, 6.45) is -0.540. The van der Waals surface area contributed by atoms with Gasteiger partial charge >= 0.3 is 5.97 Å². The van der Waals surface area contributed by atoms with E-state index >= 15 is 0 Å². The van der Waals surface area contributed by atoms with E-state index in [9.17, 15) is 18.3 Å². The van der Waals surface area contributed by atoms with Gasteiger partial charge in [-0.2, -0.15) is 0 Å². The Labute approximate surface area is 124 Å². The third kappa shape index (κ3) is 4.80. The fraction of sp³-hybridized carbons (Fsp3) is 0.500. The largest absolute Gasteiger partial charge is 0.481 e. The van der Waals surface area contributed by atoms with E-state index in [1.165, 1.54) is 6.92 Å². The van der Waals surface area contributed by atoms with Gasteiger partial charge in [0.05, 0.1) is 16.9 Å². The minimum atomic E-state index is -3.81. The van der Waals surface area contributed by atoms with Crippen LogP contribution in [-0.2, 0) is 14.8 Å². The monoisotopic (exact) mass is 315 g/mol. The van der Waals surface area contributed by atoms with Gasteiger partial charge in [0.2, 0.25) is 10.0 Å². The summed E-state index contributed by atoms with van der Waals surface area (Å²) in [5.41, 5.74) is 0.531. The number of hydrogen-bond donors (Lipinski definition) is 3. The maximum atomic E-state index is 12.3. The Morgan fingerprint density at radius 1 is 1.24 bits per heavy atom. The van der Waals surface area contributed by atoms with E-state index in [4.69, 9.17) is 5.11 Å². The summed E-state index contributed by atoms with van der Waals surface area (Å²) in [4.78, 5) is 10.8. The van der Waals surface area contributed by atoms with Crippen molar-refractivity contribution in [2.45, 2.75) is 44.6 Å². The first-order valence-electron chi connectivity index (χ1n) is 6.46. The van der Waals surface area contributed by atoms with Crippen LogP contribution < -0.4 is 4.72 Å². The van der Waals surface area contributed by atoms with Gasteiger partial charge < -0.3 is 10.2 Å². The average molecular weight is 315 g/mol. The molecule has 7 heteroatoms. The number of hydrogen-bond acceptors (Lipinski definition) is 4. The molecule has 1 atom stereocenters. The number of carboxylic acids is 1. The van der Waals surface area contributed by atoms with Crippen molar-refractivity contribution in [3.8, 4) is 0 Å². The van der Waals surface area contributed by atoms with Crippen LogP contribution in [0.2, 0.25) is 0 Å². The van der Waals surface area contributed by atoms with Crippen molar-refractivity contribution in [3.63, 3.8) is 0 Å². The van der Waals surface area contributed by atoms with Crippen LogP contribution in [0, 0.1) is 20.8 Å². The number of rotatable bonds is 6. The minimum Gasteiger partial charge on any atom is -0.481 e. The molecule has 0 amide bonds. The summed E-state index contributed by atoms with van der Waals surface area (Å²) < 4.78 is 27.0. The number of aliphatic carboxylic acids is 1. The number of sulfonamides is 1. The van der Waals surface area contributed by atoms with Gasteiger partial charge in [-0.15, -0.1) is 0 Å². The fourth-order valence-corrected chi connectivity index (χ4v) is 3.91. The Balaban J connectivity index is 3.01. The third-order valence-corrected chi connectivity index (χ3v) is 4.75. The molecule has 0 heterocycles. The molecule has 118 valence electrons. The van der Waals surface area contributed by atoms with Gasteiger partial charge in [0.15, 0.2) is 0 Å². The van der Waals surface area contributed by atoms with Gasteiger partial charge in [0.1, 0.15) is 0 Å². The first-order valence-corrected chi connectivity index (χ1v) is 7.94. The van der Waals surface area contributed by atoms with Gasteiger partial charge in [-0.3, -0.25) is 4.79 Å². The molecule has 21 heavy (non-hydrogen) atoms. The van der Waals surface area contributed by atoms with Crippen molar-refractivity contribution in [1.82, 2.24) is 4.72 Å². The van der Waals surface area contributed by atoms with Crippen molar-refractivity contribution in [3.05, 3.63) is 28.8 Å². The van der Waals surface area contributed by atoms with E-state index in [1.807, 2.05) is 6.92 Å². The second kappa shape index (κ2) is 6.13. The fourth-order valence-electron chi connectivity index (χ4n) is 2.30. The highest BCUT2D eigenvalue weighted by molar-refractivity contribution is 7.89. The summed E-state index contributed by atoms with van der Waals surface area (Å²) in [7, 11) is -3.81. The summed E-state index contributed by atoms with van der Waals surface area (Å²) in [6.45, 7) is 6.18. The Hall–Kier alpha value is -1.44. The zero-order chi connectivity index (χ0) is 16.4. The zero-order valence-corrected chi connectivity index (χ0v) is 13.4. The van der Waals surface area contributed by atoms with Crippen LogP contribution in [0.15, 0.2) is 17.0 Å². The molecule has 0 fully saturated rings. The predicted octanol–water partition coefficient (Wildman–Crippen LogP) is 1.12. The maximum Gasteiger partial charge on any atom is 0.306 e. The average Bonchev–Trinajstić information content (AvgIpc) is 2.23. The van der Waals surface area contributed by atoms with E-state index in [0.29, 0.717) is 11.1 Å². The van der Waals surface area contributed by atoms with Crippen LogP contribution in [-0.4, -0.2) is 36.7 Å². The van der Waals surface area contributed by atoms with Crippen molar-refractivity contribution in [1.29, 1.82) is 0 Å². The lowest BCUT2D eigenvalue weighted by Gasteiger charge is -2.22. The van der Waals surface area contributed by atoms with Gasteiger partial charge in [0.25, 0.3) is 0 Å². The number of carboxylic acid groups (broad SMARTS) is 1. The molecule has 0 saturated carbocycles. The van der Waals surface area contributed by atoms with Crippen LogP contribution in [0.3, 0.4) is 0 Å². The van der Waals surface area contributed by atoms with Crippen LogP contribution in [0.1, 0.15) is 30.0 Å². The van der Waals surface area contributed by atoms with Gasteiger partial charge in [-0.05, 0) is 38.8 Å². The van der Waals surface area contributed by atoms with Crippen molar-refractivity contribution in [2.24, 2.45) is 0 Å². The molecule has 0 aliphatic carbocycles. The van der Waals surface area contributed by atoms with Crippen molar-refractivity contribution >= 4 is 16.0 Å². The number of benzene rings is 1. The van der Waals surface area contributed by atoms with Gasteiger partial charge in [-0.1, -0.05) is 17.7 Å². The molecule has 1 rings (SSSR count). The lowest BCUT2D eigenvalue weighted by atomic mass is 10.0. The van der Waals surface area contributed by atoms with Crippen LogP contribution in [0.5, 0.6) is 0 Å². The van der Waals surface area contributed by atoms with Gasteiger partial charge in [-0.25, -0.2) is 13.1 Å². The minimum absolute atomic E-state index is 0.166. The predicted molar refractivity (Wildman–Crippen MR) is 78.7 cm³/mol. The molecule has 0 aromatic heterocycles. The summed E-state index contributed by atoms with van der Waals surface area (Å²) in [5, 5.41) is 18.5. The SMILES string of the molecule is Cc1cc(C)c(S(=O)(=O)NCC(C)(O)CC(=O)O)c(C)c1. The molecule has 0 saturated heterocycles. The van der Waals surface area contributed by atoms with Crippen LogP contribution in [0.25, 0.3) is 0 Å². The lowest BCUT2D eigenvalue weighted by molar-refractivity contribution is -0.141. The first-order chi connectivity index (χ1) is 9.44. The normalized spacial score (nSPS) is 14.7. The summed E-state index contributed by atoms with van der Waals surface area (Å²) >= 11 is 0. The highest BCUT2D eigenvalue weighted by Crippen LogP contribution is 2.22. The molecule has 1 aromatic rings. The lowest BCUT2D eigenvalue weighted by Crippen LogP contribution is -2.42. The Morgan fingerprint density at radius 3 is 2.14 bits per heavy atom. The Bertz CT molecular complexity index is 626. The van der Waals surface area contributed by atoms with Crippen molar-refractivity contribution < 1.29 is 23.4 Å².